The Labute approximate surface area is 168 Å². The number of benzene rings is 2. The third-order valence-electron chi connectivity index (χ3n) is 4.67. The molecule has 0 radical (unpaired) electrons. The van der Waals surface area contributed by atoms with Crippen LogP contribution in [0.2, 0.25) is 0 Å². The summed E-state index contributed by atoms with van der Waals surface area (Å²) in [5.74, 6) is 1.73. The maximum atomic E-state index is 12.3. The lowest BCUT2D eigenvalue weighted by molar-refractivity contribution is -0.119. The SMILES string of the molecule is Cc1cc(SCC(=O)NC[C@@H]2COc3ccccc3O2)nc2c(C)cccc12. The zero-order valence-corrected chi connectivity index (χ0v) is 16.7. The molecule has 6 heteroatoms. The molecule has 0 saturated heterocycles. The summed E-state index contributed by atoms with van der Waals surface area (Å²) in [6, 6.07) is 15.8. The molecule has 0 spiro atoms. The molecule has 1 aromatic heterocycles. The van der Waals surface area contributed by atoms with Crippen molar-refractivity contribution in [2.75, 3.05) is 18.9 Å². The predicted molar refractivity (Wildman–Crippen MR) is 111 cm³/mol. The summed E-state index contributed by atoms with van der Waals surface area (Å²) in [4.78, 5) is 17.0. The molecule has 3 aromatic rings. The highest BCUT2D eigenvalue weighted by Crippen LogP contribution is 2.30. The average molecular weight is 394 g/mol. The van der Waals surface area contributed by atoms with Gasteiger partial charge in [-0.1, -0.05) is 42.1 Å². The number of para-hydroxylation sites is 3. The van der Waals surface area contributed by atoms with Crippen molar-refractivity contribution >= 4 is 28.6 Å². The molecular weight excluding hydrogens is 372 g/mol. The molecule has 28 heavy (non-hydrogen) atoms. The largest absolute Gasteiger partial charge is 0.486 e. The number of ether oxygens (including phenoxy) is 2. The van der Waals surface area contributed by atoms with E-state index in [4.69, 9.17) is 14.5 Å². The van der Waals surface area contributed by atoms with Crippen molar-refractivity contribution in [2.24, 2.45) is 0 Å². The van der Waals surface area contributed by atoms with Crippen LogP contribution in [-0.4, -0.2) is 35.9 Å². The van der Waals surface area contributed by atoms with Crippen LogP contribution in [0, 0.1) is 13.8 Å². The molecule has 1 N–H and O–H groups in total. The summed E-state index contributed by atoms with van der Waals surface area (Å²) in [5, 5.41) is 4.94. The molecular formula is C22H22N2O3S. The molecule has 0 bridgehead atoms. The second-order valence-corrected chi connectivity index (χ2v) is 7.83. The fourth-order valence-corrected chi connectivity index (χ4v) is 3.98. The first-order valence-electron chi connectivity index (χ1n) is 9.25. The van der Waals surface area contributed by atoms with Gasteiger partial charge in [0.1, 0.15) is 12.7 Å². The van der Waals surface area contributed by atoms with Gasteiger partial charge in [-0.3, -0.25) is 4.79 Å². The van der Waals surface area contributed by atoms with Crippen LogP contribution in [0.1, 0.15) is 11.1 Å². The van der Waals surface area contributed by atoms with Crippen LogP contribution in [0.25, 0.3) is 10.9 Å². The number of pyridine rings is 1. The molecule has 1 amide bonds. The van der Waals surface area contributed by atoms with Crippen LogP contribution in [0.5, 0.6) is 11.5 Å². The van der Waals surface area contributed by atoms with Crippen LogP contribution in [0.3, 0.4) is 0 Å². The second kappa shape index (κ2) is 8.10. The summed E-state index contributed by atoms with van der Waals surface area (Å²) >= 11 is 1.45. The van der Waals surface area contributed by atoms with Gasteiger partial charge in [0, 0.05) is 5.39 Å². The van der Waals surface area contributed by atoms with Crippen LogP contribution >= 0.6 is 11.8 Å². The smallest absolute Gasteiger partial charge is 0.230 e. The highest BCUT2D eigenvalue weighted by atomic mass is 32.2. The van der Waals surface area contributed by atoms with Crippen molar-refractivity contribution in [1.29, 1.82) is 0 Å². The number of carbonyl (C=O) groups is 1. The Hall–Kier alpha value is -2.73. The number of rotatable bonds is 5. The Kier molecular flexibility index (Phi) is 5.39. The van der Waals surface area contributed by atoms with Gasteiger partial charge >= 0.3 is 0 Å². The number of carbonyl (C=O) groups excluding carboxylic acids is 1. The van der Waals surface area contributed by atoms with Crippen molar-refractivity contribution in [3.63, 3.8) is 0 Å². The van der Waals surface area contributed by atoms with E-state index in [1.165, 1.54) is 17.3 Å². The average Bonchev–Trinajstić information content (AvgIpc) is 2.71. The Morgan fingerprint density at radius 3 is 2.82 bits per heavy atom. The second-order valence-electron chi connectivity index (χ2n) is 6.84. The molecule has 4 rings (SSSR count). The minimum atomic E-state index is -0.187. The Morgan fingerprint density at radius 2 is 1.96 bits per heavy atom. The predicted octanol–water partition coefficient (Wildman–Crippen LogP) is 3.90. The third kappa shape index (κ3) is 4.07. The molecule has 5 nitrogen and oxygen atoms in total. The number of aryl methyl sites for hydroxylation is 2. The van der Waals surface area contributed by atoms with Gasteiger partial charge in [0.25, 0.3) is 0 Å². The van der Waals surface area contributed by atoms with Crippen molar-refractivity contribution in [1.82, 2.24) is 10.3 Å². The summed E-state index contributed by atoms with van der Waals surface area (Å²) in [7, 11) is 0. The van der Waals surface area contributed by atoms with Gasteiger partial charge in [-0.05, 0) is 43.2 Å². The molecule has 0 unspecified atom stereocenters. The normalized spacial score (nSPS) is 15.4. The van der Waals surface area contributed by atoms with E-state index in [1.807, 2.05) is 36.4 Å². The molecule has 1 aliphatic rings. The highest BCUT2D eigenvalue weighted by molar-refractivity contribution is 7.99. The van der Waals surface area contributed by atoms with Gasteiger partial charge in [0.05, 0.1) is 22.8 Å². The number of aromatic nitrogens is 1. The zero-order valence-electron chi connectivity index (χ0n) is 15.9. The Bertz CT molecular complexity index is 1020. The standard InChI is InChI=1S/C22H22N2O3S/c1-14-6-5-7-17-15(2)10-21(24-22(14)17)28-13-20(25)23-11-16-12-26-18-8-3-4-9-19(18)27-16/h3-10,16H,11-13H2,1-2H3,(H,23,25)/t16-/m1/s1. The fraction of sp³-hybridized carbons (Fsp3) is 0.273. The minimum absolute atomic E-state index is 0.0446. The number of nitrogens with zero attached hydrogens (tertiary/aromatic N) is 1. The lowest BCUT2D eigenvalue weighted by Crippen LogP contribution is -2.41. The number of nitrogens with one attached hydrogen (secondary N) is 1. The Morgan fingerprint density at radius 1 is 1.14 bits per heavy atom. The fourth-order valence-electron chi connectivity index (χ4n) is 3.19. The topological polar surface area (TPSA) is 60.5 Å². The lowest BCUT2D eigenvalue weighted by Gasteiger charge is -2.26. The van der Waals surface area contributed by atoms with Gasteiger partial charge in [-0.2, -0.15) is 0 Å². The Balaban J connectivity index is 1.32. The first kappa shape index (κ1) is 18.6. The van der Waals surface area contributed by atoms with Crippen LogP contribution in [0.4, 0.5) is 0 Å². The minimum Gasteiger partial charge on any atom is -0.486 e. The van der Waals surface area contributed by atoms with E-state index in [0.29, 0.717) is 24.7 Å². The molecule has 1 atom stereocenters. The summed E-state index contributed by atoms with van der Waals surface area (Å²) in [5.41, 5.74) is 3.31. The highest BCUT2D eigenvalue weighted by Gasteiger charge is 2.21. The zero-order chi connectivity index (χ0) is 19.5. The summed E-state index contributed by atoms with van der Waals surface area (Å²) in [6.45, 7) is 4.97. The van der Waals surface area contributed by atoms with E-state index in [-0.39, 0.29) is 12.0 Å². The third-order valence-corrected chi connectivity index (χ3v) is 5.58. The van der Waals surface area contributed by atoms with Gasteiger partial charge in [-0.15, -0.1) is 0 Å². The van der Waals surface area contributed by atoms with E-state index >= 15 is 0 Å². The monoisotopic (exact) mass is 394 g/mol. The van der Waals surface area contributed by atoms with E-state index in [2.05, 4.69) is 31.3 Å². The first-order valence-corrected chi connectivity index (χ1v) is 10.2. The molecule has 2 heterocycles. The first-order chi connectivity index (χ1) is 13.6. The van der Waals surface area contributed by atoms with Gasteiger partial charge < -0.3 is 14.8 Å². The van der Waals surface area contributed by atoms with Crippen LogP contribution in [-0.2, 0) is 4.79 Å². The van der Waals surface area contributed by atoms with E-state index in [9.17, 15) is 4.79 Å². The van der Waals surface area contributed by atoms with Crippen molar-refractivity contribution in [2.45, 2.75) is 25.0 Å². The number of thioether (sulfide) groups is 1. The quantitative estimate of drug-likeness (QED) is 0.665. The maximum Gasteiger partial charge on any atom is 0.230 e. The maximum absolute atomic E-state index is 12.3. The summed E-state index contributed by atoms with van der Waals surface area (Å²) < 4.78 is 11.5. The molecule has 0 saturated carbocycles. The van der Waals surface area contributed by atoms with E-state index in [1.54, 1.807) is 0 Å². The van der Waals surface area contributed by atoms with Crippen molar-refractivity contribution in [3.05, 3.63) is 59.7 Å². The van der Waals surface area contributed by atoms with Crippen LogP contribution < -0.4 is 14.8 Å². The molecule has 0 aliphatic carbocycles. The summed E-state index contributed by atoms with van der Waals surface area (Å²) in [6.07, 6.45) is -0.187. The van der Waals surface area contributed by atoms with Gasteiger partial charge in [0.2, 0.25) is 5.91 Å². The van der Waals surface area contributed by atoms with Crippen molar-refractivity contribution < 1.29 is 14.3 Å². The van der Waals surface area contributed by atoms with Gasteiger partial charge in [0.15, 0.2) is 11.5 Å². The van der Waals surface area contributed by atoms with Gasteiger partial charge in [-0.25, -0.2) is 4.98 Å². The number of hydrogen-bond donors (Lipinski definition) is 1. The van der Waals surface area contributed by atoms with E-state index < -0.39 is 0 Å². The molecule has 1 aliphatic heterocycles. The molecule has 144 valence electrons. The van der Waals surface area contributed by atoms with E-state index in [0.717, 1.165) is 27.2 Å². The van der Waals surface area contributed by atoms with Crippen LogP contribution in [0.15, 0.2) is 53.6 Å². The molecule has 2 aromatic carbocycles. The number of fused-ring (bicyclic) bond motifs is 2. The number of amides is 1. The van der Waals surface area contributed by atoms with Crippen molar-refractivity contribution in [3.8, 4) is 11.5 Å². The number of hydrogen-bond acceptors (Lipinski definition) is 5. The molecule has 0 fully saturated rings. The lowest BCUT2D eigenvalue weighted by atomic mass is 10.1.